The van der Waals surface area contributed by atoms with Gasteiger partial charge in [-0.1, -0.05) is 30.3 Å². The van der Waals surface area contributed by atoms with Gasteiger partial charge in [-0.2, -0.15) is 0 Å². The Balaban J connectivity index is 2.14. The largest absolute Gasteiger partial charge is 0.480 e. The summed E-state index contributed by atoms with van der Waals surface area (Å²) in [6.07, 6.45) is 1.49. The van der Waals surface area contributed by atoms with Gasteiger partial charge in [0.1, 0.15) is 6.04 Å². The highest BCUT2D eigenvalue weighted by Gasteiger charge is 2.18. The van der Waals surface area contributed by atoms with Gasteiger partial charge in [0, 0.05) is 20.1 Å². The van der Waals surface area contributed by atoms with Gasteiger partial charge in [-0.05, 0) is 24.8 Å². The van der Waals surface area contributed by atoms with Crippen LogP contribution in [0.2, 0.25) is 0 Å². The Hall–Kier alpha value is -2.77. The number of amides is 4. The molecule has 24 heavy (non-hydrogen) atoms. The summed E-state index contributed by atoms with van der Waals surface area (Å²) in [6.45, 7) is 0.886. The molecule has 8 heteroatoms. The molecule has 0 heterocycles. The molecule has 0 saturated heterocycles. The molecule has 0 aliphatic heterocycles. The van der Waals surface area contributed by atoms with E-state index in [1.165, 1.54) is 7.05 Å². The molecular weight excluding hydrogens is 312 g/mol. The summed E-state index contributed by atoms with van der Waals surface area (Å²) in [5, 5.41) is 19.1. The van der Waals surface area contributed by atoms with Crippen molar-refractivity contribution in [2.45, 2.75) is 31.8 Å². The first-order valence-electron chi connectivity index (χ1n) is 7.79. The zero-order chi connectivity index (χ0) is 17.8. The van der Waals surface area contributed by atoms with Gasteiger partial charge in [0.25, 0.3) is 0 Å². The minimum absolute atomic E-state index is 0.267. The van der Waals surface area contributed by atoms with E-state index in [1.54, 1.807) is 0 Å². The van der Waals surface area contributed by atoms with Gasteiger partial charge < -0.3 is 26.4 Å². The lowest BCUT2D eigenvalue weighted by atomic mass is 10.1. The molecule has 1 aromatic carbocycles. The normalized spacial score (nSPS) is 11.2. The number of benzene rings is 1. The highest BCUT2D eigenvalue weighted by Crippen LogP contribution is 2.01. The first-order chi connectivity index (χ1) is 11.5. The Morgan fingerprint density at radius 3 is 2.38 bits per heavy atom. The second-order valence-electron chi connectivity index (χ2n) is 5.21. The summed E-state index contributed by atoms with van der Waals surface area (Å²) >= 11 is 0. The highest BCUT2D eigenvalue weighted by atomic mass is 16.4. The van der Waals surface area contributed by atoms with Crippen molar-refractivity contribution in [1.29, 1.82) is 0 Å². The predicted octanol–water partition coefficient (Wildman–Crippen LogP) is 1.04. The zero-order valence-electron chi connectivity index (χ0n) is 13.7. The van der Waals surface area contributed by atoms with Gasteiger partial charge in [-0.3, -0.25) is 0 Å². The van der Waals surface area contributed by atoms with Crippen molar-refractivity contribution < 1.29 is 19.5 Å². The van der Waals surface area contributed by atoms with Crippen LogP contribution in [0.1, 0.15) is 24.8 Å². The third-order valence-electron chi connectivity index (χ3n) is 3.33. The van der Waals surface area contributed by atoms with Crippen molar-refractivity contribution in [3.05, 3.63) is 35.9 Å². The van der Waals surface area contributed by atoms with E-state index in [1.807, 2.05) is 30.3 Å². The molecule has 1 aromatic rings. The zero-order valence-corrected chi connectivity index (χ0v) is 13.7. The maximum Gasteiger partial charge on any atom is 0.326 e. The molecule has 0 radical (unpaired) electrons. The molecule has 132 valence electrons. The number of rotatable bonds is 9. The Kier molecular flexibility index (Phi) is 8.73. The Morgan fingerprint density at radius 1 is 1.04 bits per heavy atom. The molecule has 1 atom stereocenters. The molecule has 1 rings (SSSR count). The number of hydrogen-bond donors (Lipinski definition) is 5. The number of hydrogen-bond acceptors (Lipinski definition) is 3. The molecule has 0 fully saturated rings. The maximum absolute atomic E-state index is 11.6. The topological polar surface area (TPSA) is 120 Å². The van der Waals surface area contributed by atoms with Crippen molar-refractivity contribution in [1.82, 2.24) is 21.3 Å². The molecule has 8 nitrogen and oxygen atoms in total. The second-order valence-corrected chi connectivity index (χ2v) is 5.21. The van der Waals surface area contributed by atoms with E-state index in [-0.39, 0.29) is 6.03 Å². The smallest absolute Gasteiger partial charge is 0.326 e. The van der Waals surface area contributed by atoms with E-state index in [9.17, 15) is 14.4 Å². The van der Waals surface area contributed by atoms with Crippen LogP contribution in [0.5, 0.6) is 0 Å². The minimum atomic E-state index is -1.08. The Morgan fingerprint density at radius 2 is 1.75 bits per heavy atom. The SMILES string of the molecule is CNC(=O)N[C@@H](CCCCNC(=O)NCc1ccccc1)C(=O)O. The lowest BCUT2D eigenvalue weighted by Gasteiger charge is -2.14. The number of aliphatic carboxylic acids is 1. The van der Waals surface area contributed by atoms with Crippen LogP contribution in [0, 0.1) is 0 Å². The summed E-state index contributed by atoms with van der Waals surface area (Å²) in [4.78, 5) is 33.8. The van der Waals surface area contributed by atoms with Gasteiger partial charge in [0.15, 0.2) is 0 Å². The molecule has 5 N–H and O–H groups in total. The molecule has 0 aliphatic rings. The molecule has 0 aromatic heterocycles. The molecule has 0 unspecified atom stereocenters. The quantitative estimate of drug-likeness (QED) is 0.433. The molecular formula is C16H24N4O4. The first kappa shape index (κ1) is 19.3. The van der Waals surface area contributed by atoms with Crippen LogP contribution >= 0.6 is 0 Å². The summed E-state index contributed by atoms with van der Waals surface area (Å²) in [6, 6.07) is 7.83. The van der Waals surface area contributed by atoms with Crippen LogP contribution in [0.3, 0.4) is 0 Å². The fourth-order valence-corrected chi connectivity index (χ4v) is 2.00. The molecule has 4 amide bonds. The number of nitrogens with one attached hydrogen (secondary N) is 4. The number of urea groups is 2. The summed E-state index contributed by atoms with van der Waals surface area (Å²) in [5.74, 6) is -1.08. The van der Waals surface area contributed by atoms with E-state index >= 15 is 0 Å². The molecule has 0 aliphatic carbocycles. The average Bonchev–Trinajstić information content (AvgIpc) is 2.59. The monoisotopic (exact) mass is 336 g/mol. The van der Waals surface area contributed by atoms with Crippen LogP contribution in [-0.2, 0) is 11.3 Å². The predicted molar refractivity (Wildman–Crippen MR) is 89.5 cm³/mol. The van der Waals surface area contributed by atoms with Crippen LogP contribution in [0.4, 0.5) is 9.59 Å². The minimum Gasteiger partial charge on any atom is -0.480 e. The fourth-order valence-electron chi connectivity index (χ4n) is 2.00. The number of carbonyl (C=O) groups excluding carboxylic acids is 2. The average molecular weight is 336 g/mol. The standard InChI is InChI=1S/C16H24N4O4/c1-17-15(23)20-13(14(21)22)9-5-6-10-18-16(24)19-11-12-7-3-2-4-8-12/h2-4,7-8,13H,5-6,9-11H2,1H3,(H,21,22)(H2,17,20,23)(H2,18,19,24)/t13-/m0/s1. The van der Waals surface area contributed by atoms with E-state index in [0.29, 0.717) is 32.4 Å². The number of unbranched alkanes of at least 4 members (excludes halogenated alkanes) is 1. The fraction of sp³-hybridized carbons (Fsp3) is 0.438. The maximum atomic E-state index is 11.6. The highest BCUT2D eigenvalue weighted by molar-refractivity contribution is 5.82. The molecule has 0 saturated carbocycles. The van der Waals surface area contributed by atoms with Crippen molar-refractivity contribution in [2.24, 2.45) is 0 Å². The molecule has 0 bridgehead atoms. The van der Waals surface area contributed by atoms with Gasteiger partial charge in [-0.25, -0.2) is 14.4 Å². The van der Waals surface area contributed by atoms with Crippen molar-refractivity contribution in [3.63, 3.8) is 0 Å². The van der Waals surface area contributed by atoms with Crippen LogP contribution in [0.15, 0.2) is 30.3 Å². The van der Waals surface area contributed by atoms with E-state index in [4.69, 9.17) is 5.11 Å². The van der Waals surface area contributed by atoms with Crippen LogP contribution in [-0.4, -0.2) is 42.8 Å². The van der Waals surface area contributed by atoms with E-state index in [0.717, 1.165) is 5.56 Å². The third kappa shape index (κ3) is 8.02. The van der Waals surface area contributed by atoms with E-state index < -0.39 is 18.0 Å². The Bertz CT molecular complexity index is 536. The summed E-state index contributed by atoms with van der Waals surface area (Å²) in [5.41, 5.74) is 1.01. The number of carboxylic acid groups (broad SMARTS) is 1. The Labute approximate surface area is 141 Å². The van der Waals surface area contributed by atoms with Crippen molar-refractivity contribution >= 4 is 18.0 Å². The van der Waals surface area contributed by atoms with Gasteiger partial charge in [0.05, 0.1) is 0 Å². The lowest BCUT2D eigenvalue weighted by molar-refractivity contribution is -0.139. The van der Waals surface area contributed by atoms with Gasteiger partial charge in [-0.15, -0.1) is 0 Å². The van der Waals surface area contributed by atoms with Crippen molar-refractivity contribution in [3.8, 4) is 0 Å². The molecule has 0 spiro atoms. The number of carbonyl (C=O) groups is 3. The summed E-state index contributed by atoms with van der Waals surface area (Å²) < 4.78 is 0. The third-order valence-corrected chi connectivity index (χ3v) is 3.33. The number of carboxylic acids is 1. The van der Waals surface area contributed by atoms with Gasteiger partial charge in [0.2, 0.25) is 0 Å². The van der Waals surface area contributed by atoms with Gasteiger partial charge >= 0.3 is 18.0 Å². The first-order valence-corrected chi connectivity index (χ1v) is 7.79. The van der Waals surface area contributed by atoms with E-state index in [2.05, 4.69) is 21.3 Å². The lowest BCUT2D eigenvalue weighted by Crippen LogP contribution is -2.44. The van der Waals surface area contributed by atoms with Crippen molar-refractivity contribution in [2.75, 3.05) is 13.6 Å². The van der Waals surface area contributed by atoms with Crippen LogP contribution < -0.4 is 21.3 Å². The summed E-state index contributed by atoms with van der Waals surface area (Å²) in [7, 11) is 1.42. The second kappa shape index (κ2) is 10.9. The van der Waals surface area contributed by atoms with Crippen LogP contribution in [0.25, 0.3) is 0 Å².